The first kappa shape index (κ1) is 27.6. The number of halogens is 4. The van der Waals surface area contributed by atoms with Crippen molar-refractivity contribution in [2.75, 3.05) is 9.44 Å². The van der Waals surface area contributed by atoms with E-state index in [4.69, 9.17) is 46.4 Å². The molecule has 0 bridgehead atoms. The van der Waals surface area contributed by atoms with Crippen LogP contribution in [-0.2, 0) is 26.5 Å². The van der Waals surface area contributed by atoms with Gasteiger partial charge in [-0.1, -0.05) is 70.7 Å². The van der Waals surface area contributed by atoms with Gasteiger partial charge >= 0.3 is 0 Å². The van der Waals surface area contributed by atoms with Crippen molar-refractivity contribution in [2.45, 2.75) is 16.2 Å². The quantitative estimate of drug-likeness (QED) is 0.215. The lowest BCUT2D eigenvalue weighted by molar-refractivity contribution is 0.599. The highest BCUT2D eigenvalue weighted by molar-refractivity contribution is 7.93. The lowest BCUT2D eigenvalue weighted by Crippen LogP contribution is -2.13. The van der Waals surface area contributed by atoms with E-state index < -0.39 is 20.0 Å². The van der Waals surface area contributed by atoms with Crippen molar-refractivity contribution in [3.63, 3.8) is 0 Å². The molecule has 4 aromatic rings. The zero-order valence-corrected chi connectivity index (χ0v) is 23.4. The standard InChI is InChI=1S/C25H18Cl4N2O4S2/c26-18-5-11-22(28)24(14-18)36(32,33)30-20-7-1-16(2-8-20)13-17-3-9-21(10-4-17)31-37(34,35)25-15-19(27)6-12-23(25)29/h1-12,14-15,30-31H,13H2. The van der Waals surface area contributed by atoms with Crippen molar-refractivity contribution < 1.29 is 16.8 Å². The summed E-state index contributed by atoms with van der Waals surface area (Å²) in [5, 5.41) is 0.643. The monoisotopic (exact) mass is 614 g/mol. The van der Waals surface area contributed by atoms with Gasteiger partial charge in [-0.05, 0) is 78.2 Å². The number of hydrogen-bond donors (Lipinski definition) is 2. The number of hydrogen-bond acceptors (Lipinski definition) is 4. The molecule has 4 aromatic carbocycles. The van der Waals surface area contributed by atoms with E-state index in [1.54, 1.807) is 48.5 Å². The van der Waals surface area contributed by atoms with Gasteiger partial charge in [-0.15, -0.1) is 0 Å². The molecule has 4 rings (SSSR count). The third kappa shape index (κ3) is 6.90. The average molecular weight is 616 g/mol. The Balaban J connectivity index is 1.42. The molecular weight excluding hydrogens is 598 g/mol. The number of rotatable bonds is 8. The molecule has 0 aliphatic heterocycles. The average Bonchev–Trinajstić information content (AvgIpc) is 2.84. The predicted octanol–water partition coefficient (Wildman–Crippen LogP) is 7.49. The van der Waals surface area contributed by atoms with Gasteiger partial charge in [-0.25, -0.2) is 16.8 Å². The fourth-order valence-corrected chi connectivity index (χ4v) is 7.05. The molecule has 0 saturated heterocycles. The summed E-state index contributed by atoms with van der Waals surface area (Å²) in [6.45, 7) is 0. The fraction of sp³-hybridized carbons (Fsp3) is 0.0400. The van der Waals surface area contributed by atoms with E-state index in [2.05, 4.69) is 9.44 Å². The molecule has 0 fully saturated rings. The smallest absolute Gasteiger partial charge is 0.263 e. The van der Waals surface area contributed by atoms with Crippen molar-refractivity contribution in [2.24, 2.45) is 0 Å². The summed E-state index contributed by atoms with van der Waals surface area (Å²) in [5.74, 6) is 0. The van der Waals surface area contributed by atoms with Gasteiger partial charge in [0.2, 0.25) is 0 Å². The van der Waals surface area contributed by atoms with Gasteiger partial charge in [0.15, 0.2) is 0 Å². The van der Waals surface area contributed by atoms with Gasteiger partial charge in [-0.2, -0.15) is 0 Å². The largest absolute Gasteiger partial charge is 0.280 e. The van der Waals surface area contributed by atoms with Crippen molar-refractivity contribution in [3.8, 4) is 0 Å². The van der Waals surface area contributed by atoms with Crippen LogP contribution in [0, 0.1) is 0 Å². The van der Waals surface area contributed by atoms with E-state index in [0.717, 1.165) is 11.1 Å². The maximum atomic E-state index is 12.7. The Bertz CT molecular complexity index is 1540. The minimum atomic E-state index is -3.92. The molecule has 0 heterocycles. The third-order valence-corrected chi connectivity index (χ3v) is 9.38. The van der Waals surface area contributed by atoms with E-state index in [1.165, 1.54) is 36.4 Å². The molecule has 12 heteroatoms. The van der Waals surface area contributed by atoms with Crippen LogP contribution in [0.5, 0.6) is 0 Å². The van der Waals surface area contributed by atoms with Crippen molar-refractivity contribution >= 4 is 77.8 Å². The zero-order chi connectivity index (χ0) is 26.8. The molecule has 0 aromatic heterocycles. The highest BCUT2D eigenvalue weighted by Crippen LogP contribution is 2.28. The summed E-state index contributed by atoms with van der Waals surface area (Å²) in [5.41, 5.74) is 2.57. The van der Waals surface area contributed by atoms with Crippen molar-refractivity contribution in [3.05, 3.63) is 116 Å². The number of anilines is 2. The van der Waals surface area contributed by atoms with Crippen LogP contribution in [0.4, 0.5) is 11.4 Å². The number of benzene rings is 4. The first-order valence-corrected chi connectivity index (χ1v) is 15.0. The maximum Gasteiger partial charge on any atom is 0.263 e. The van der Waals surface area contributed by atoms with Crippen LogP contribution in [0.1, 0.15) is 11.1 Å². The van der Waals surface area contributed by atoms with Crippen LogP contribution in [0.25, 0.3) is 0 Å². The second-order valence-electron chi connectivity index (χ2n) is 7.93. The summed E-state index contributed by atoms with van der Waals surface area (Å²) in [4.78, 5) is -0.224. The van der Waals surface area contributed by atoms with Gasteiger partial charge < -0.3 is 0 Å². The maximum absolute atomic E-state index is 12.7. The second-order valence-corrected chi connectivity index (χ2v) is 12.9. The normalized spacial score (nSPS) is 11.8. The van der Waals surface area contributed by atoms with Gasteiger partial charge in [0.25, 0.3) is 20.0 Å². The van der Waals surface area contributed by atoms with Gasteiger partial charge in [0, 0.05) is 21.4 Å². The Morgan fingerprint density at radius 2 is 0.865 bits per heavy atom. The highest BCUT2D eigenvalue weighted by atomic mass is 35.5. The minimum Gasteiger partial charge on any atom is -0.280 e. The Hall–Kier alpha value is -2.46. The highest BCUT2D eigenvalue weighted by Gasteiger charge is 2.20. The minimum absolute atomic E-state index is 0.0647. The molecule has 37 heavy (non-hydrogen) atoms. The summed E-state index contributed by atoms with van der Waals surface area (Å²) in [7, 11) is -7.84. The zero-order valence-electron chi connectivity index (χ0n) is 18.8. The lowest BCUT2D eigenvalue weighted by atomic mass is 10.0. The van der Waals surface area contributed by atoms with Crippen LogP contribution >= 0.6 is 46.4 Å². The lowest BCUT2D eigenvalue weighted by Gasteiger charge is -2.11. The van der Waals surface area contributed by atoms with Gasteiger partial charge in [0.1, 0.15) is 9.79 Å². The molecule has 2 N–H and O–H groups in total. The Labute approximate surface area is 235 Å². The third-order valence-electron chi connectivity index (χ3n) is 5.19. The van der Waals surface area contributed by atoms with Crippen LogP contribution < -0.4 is 9.44 Å². The van der Waals surface area contributed by atoms with Crippen LogP contribution in [-0.4, -0.2) is 16.8 Å². The van der Waals surface area contributed by atoms with Crippen LogP contribution in [0.3, 0.4) is 0 Å². The second kappa shape index (κ2) is 11.1. The fourth-order valence-electron chi connectivity index (χ4n) is 3.40. The van der Waals surface area contributed by atoms with Gasteiger partial charge in [-0.3, -0.25) is 9.44 Å². The predicted molar refractivity (Wildman–Crippen MR) is 150 cm³/mol. The summed E-state index contributed by atoms with van der Waals surface area (Å²) < 4.78 is 55.7. The molecule has 6 nitrogen and oxygen atoms in total. The van der Waals surface area contributed by atoms with Crippen molar-refractivity contribution in [1.29, 1.82) is 0 Å². The number of nitrogens with one attached hydrogen (secondary N) is 2. The molecule has 192 valence electrons. The van der Waals surface area contributed by atoms with Crippen LogP contribution in [0.15, 0.2) is 94.7 Å². The SMILES string of the molecule is O=S(=O)(Nc1ccc(Cc2ccc(NS(=O)(=O)c3cc(Cl)ccc3Cl)cc2)cc1)c1cc(Cl)ccc1Cl. The first-order valence-electron chi connectivity index (χ1n) is 10.6. The van der Waals surface area contributed by atoms with E-state index in [9.17, 15) is 16.8 Å². The summed E-state index contributed by atoms with van der Waals surface area (Å²) in [6, 6.07) is 22.1. The molecule has 0 atom stereocenters. The summed E-state index contributed by atoms with van der Waals surface area (Å²) in [6.07, 6.45) is 0.542. The van der Waals surface area contributed by atoms with Crippen molar-refractivity contribution in [1.82, 2.24) is 0 Å². The molecule has 0 unspecified atom stereocenters. The number of sulfonamides is 2. The Morgan fingerprint density at radius 1 is 0.514 bits per heavy atom. The molecule has 0 saturated carbocycles. The van der Waals surface area contributed by atoms with E-state index in [-0.39, 0.29) is 29.9 Å². The molecule has 0 amide bonds. The van der Waals surface area contributed by atoms with E-state index in [1.807, 2.05) is 0 Å². The molecule has 0 aliphatic rings. The first-order chi connectivity index (χ1) is 17.4. The molecule has 0 aliphatic carbocycles. The topological polar surface area (TPSA) is 92.3 Å². The van der Waals surface area contributed by atoms with Gasteiger partial charge in [0.05, 0.1) is 10.0 Å². The van der Waals surface area contributed by atoms with Crippen LogP contribution in [0.2, 0.25) is 20.1 Å². The Morgan fingerprint density at radius 3 is 1.22 bits per heavy atom. The molecule has 0 radical (unpaired) electrons. The molecule has 0 spiro atoms. The van der Waals surface area contributed by atoms with E-state index >= 15 is 0 Å². The summed E-state index contributed by atoms with van der Waals surface area (Å²) >= 11 is 23.9. The molecular formula is C25H18Cl4N2O4S2. The Kier molecular flexibility index (Phi) is 8.28. The van der Waals surface area contributed by atoms with E-state index in [0.29, 0.717) is 17.8 Å².